The highest BCUT2D eigenvalue weighted by molar-refractivity contribution is 6.74. The minimum absolute atomic E-state index is 0.0376. The Bertz CT molecular complexity index is 708. The summed E-state index contributed by atoms with van der Waals surface area (Å²) in [6, 6.07) is -1.20. The Hall–Kier alpha value is -0.973. The third-order valence-electron chi connectivity index (χ3n) is 6.82. The van der Waals surface area contributed by atoms with Gasteiger partial charge in [-0.15, -0.1) is 0 Å². The van der Waals surface area contributed by atoms with E-state index in [1.807, 2.05) is 13.8 Å². The molecular formula is C22H39NO7Si. The predicted octanol–water partition coefficient (Wildman–Crippen LogP) is 1.85. The van der Waals surface area contributed by atoms with Gasteiger partial charge in [-0.3, -0.25) is 14.6 Å². The molecule has 9 heteroatoms. The summed E-state index contributed by atoms with van der Waals surface area (Å²) in [6.45, 7) is 15.7. The van der Waals surface area contributed by atoms with Crippen LogP contribution in [0.1, 0.15) is 54.4 Å². The molecule has 31 heavy (non-hydrogen) atoms. The molecule has 1 saturated heterocycles. The second-order valence-corrected chi connectivity index (χ2v) is 16.1. The van der Waals surface area contributed by atoms with E-state index >= 15 is 0 Å². The zero-order valence-corrected chi connectivity index (χ0v) is 21.0. The van der Waals surface area contributed by atoms with E-state index in [1.54, 1.807) is 0 Å². The van der Waals surface area contributed by atoms with Crippen molar-refractivity contribution in [3.8, 4) is 0 Å². The number of ether oxygens (including phenoxy) is 1. The van der Waals surface area contributed by atoms with E-state index in [4.69, 9.17) is 9.16 Å². The molecule has 0 aromatic carbocycles. The van der Waals surface area contributed by atoms with Gasteiger partial charge < -0.3 is 24.5 Å². The molecular weight excluding hydrogens is 418 g/mol. The van der Waals surface area contributed by atoms with Crippen molar-refractivity contribution < 1.29 is 34.1 Å². The third-order valence-corrected chi connectivity index (χ3v) is 11.3. The Morgan fingerprint density at radius 3 is 2.13 bits per heavy atom. The van der Waals surface area contributed by atoms with E-state index < -0.39 is 44.9 Å². The van der Waals surface area contributed by atoms with Gasteiger partial charge in [0.1, 0.15) is 41.8 Å². The Labute approximate surface area is 186 Å². The van der Waals surface area contributed by atoms with Crippen molar-refractivity contribution in [3.05, 3.63) is 0 Å². The van der Waals surface area contributed by atoms with Gasteiger partial charge in [0.2, 0.25) is 0 Å². The Balaban J connectivity index is 2.12. The zero-order valence-electron chi connectivity index (χ0n) is 20.0. The topological polar surface area (TPSA) is 126 Å². The number of carbonyl (C=O) groups is 2. The quantitative estimate of drug-likeness (QED) is 0.327. The van der Waals surface area contributed by atoms with Gasteiger partial charge in [-0.05, 0) is 30.5 Å². The van der Waals surface area contributed by atoms with Crippen LogP contribution in [0.25, 0.3) is 0 Å². The van der Waals surface area contributed by atoms with Gasteiger partial charge >= 0.3 is 0 Å². The molecule has 0 aromatic heterocycles. The van der Waals surface area contributed by atoms with Crippen LogP contribution in [0.15, 0.2) is 4.99 Å². The molecule has 1 heterocycles. The molecule has 0 radical (unpaired) electrons. The number of carbonyl (C=O) groups excluding carboxylic acids is 2. The van der Waals surface area contributed by atoms with Crippen molar-refractivity contribution in [2.24, 2.45) is 16.3 Å². The highest BCUT2D eigenvalue weighted by Crippen LogP contribution is 2.37. The lowest BCUT2D eigenvalue weighted by Gasteiger charge is -2.42. The summed E-state index contributed by atoms with van der Waals surface area (Å²) in [5, 5.41) is 31.6. The van der Waals surface area contributed by atoms with Crippen LogP contribution in [0.5, 0.6) is 0 Å². The van der Waals surface area contributed by atoms with E-state index in [9.17, 15) is 24.9 Å². The maximum Gasteiger partial charge on any atom is 0.192 e. The highest BCUT2D eigenvalue weighted by Gasteiger charge is 2.47. The summed E-state index contributed by atoms with van der Waals surface area (Å²) in [4.78, 5) is 29.3. The first kappa shape index (κ1) is 26.3. The molecule has 178 valence electrons. The fraction of sp³-hybridized carbons (Fsp3) is 0.864. The standard InChI is InChI=1S/C22H39NO7Si/c1-12(16-13(24)9-22(5,6)10-14(16)25)23-17-19(27)18(26)15(30-20(17)28)11-29-31(7,8)21(2,3)4/h15-20,26-28H,9-11H2,1-8H3/t15-,17-,18-,19-,20+/m1/s1. The molecule has 5 atom stereocenters. The molecule has 1 saturated carbocycles. The van der Waals surface area contributed by atoms with Gasteiger partial charge in [0.05, 0.1) is 6.61 Å². The van der Waals surface area contributed by atoms with Crippen LogP contribution in [0.3, 0.4) is 0 Å². The molecule has 2 fully saturated rings. The number of rotatable bonds is 5. The lowest BCUT2D eigenvalue weighted by Crippen LogP contribution is -2.59. The maximum atomic E-state index is 12.5. The number of aliphatic hydroxyl groups is 3. The lowest BCUT2D eigenvalue weighted by atomic mass is 9.70. The molecule has 1 aliphatic heterocycles. The minimum Gasteiger partial charge on any atom is -0.414 e. The summed E-state index contributed by atoms with van der Waals surface area (Å²) < 4.78 is 11.6. The van der Waals surface area contributed by atoms with Crippen LogP contribution in [-0.4, -0.2) is 78.2 Å². The lowest BCUT2D eigenvalue weighted by molar-refractivity contribution is -0.247. The molecule has 0 spiro atoms. The second kappa shape index (κ2) is 9.11. The van der Waals surface area contributed by atoms with Gasteiger partial charge in [0.15, 0.2) is 14.6 Å². The number of nitrogens with zero attached hydrogens (tertiary/aromatic N) is 1. The second-order valence-electron chi connectivity index (χ2n) is 11.3. The van der Waals surface area contributed by atoms with Crippen LogP contribution in [0, 0.1) is 11.3 Å². The first-order valence-electron chi connectivity index (χ1n) is 10.9. The summed E-state index contributed by atoms with van der Waals surface area (Å²) >= 11 is 0. The highest BCUT2D eigenvalue weighted by atomic mass is 28.4. The van der Waals surface area contributed by atoms with Crippen LogP contribution >= 0.6 is 0 Å². The van der Waals surface area contributed by atoms with Crippen molar-refractivity contribution in [2.75, 3.05) is 6.61 Å². The summed E-state index contributed by atoms with van der Waals surface area (Å²) in [6.07, 6.45) is -4.63. The van der Waals surface area contributed by atoms with Gasteiger partial charge in [-0.25, -0.2) is 0 Å². The zero-order chi connectivity index (χ0) is 23.9. The Morgan fingerprint density at radius 2 is 1.65 bits per heavy atom. The Morgan fingerprint density at radius 1 is 1.13 bits per heavy atom. The van der Waals surface area contributed by atoms with Gasteiger partial charge in [0, 0.05) is 18.6 Å². The molecule has 0 unspecified atom stereocenters. The third kappa shape index (κ3) is 5.88. The average Bonchev–Trinajstić information content (AvgIpc) is 2.57. The van der Waals surface area contributed by atoms with E-state index in [0.29, 0.717) is 0 Å². The van der Waals surface area contributed by atoms with Gasteiger partial charge in [-0.2, -0.15) is 0 Å². The summed E-state index contributed by atoms with van der Waals surface area (Å²) in [5.41, 5.74) is -0.161. The molecule has 0 amide bonds. The van der Waals surface area contributed by atoms with E-state index in [0.717, 1.165) is 0 Å². The van der Waals surface area contributed by atoms with Crippen molar-refractivity contribution >= 4 is 25.6 Å². The molecule has 0 bridgehead atoms. The van der Waals surface area contributed by atoms with E-state index in [-0.39, 0.29) is 47.2 Å². The van der Waals surface area contributed by atoms with Crippen LogP contribution in [-0.2, 0) is 18.8 Å². The molecule has 3 N–H and O–H groups in total. The maximum absolute atomic E-state index is 12.5. The van der Waals surface area contributed by atoms with Crippen LogP contribution < -0.4 is 0 Å². The molecule has 1 aliphatic carbocycles. The normalized spacial score (nSPS) is 33.6. The average molecular weight is 458 g/mol. The van der Waals surface area contributed by atoms with Crippen molar-refractivity contribution in [1.29, 1.82) is 0 Å². The predicted molar refractivity (Wildman–Crippen MR) is 119 cm³/mol. The summed E-state index contributed by atoms with van der Waals surface area (Å²) in [5.74, 6) is -1.42. The van der Waals surface area contributed by atoms with Gasteiger partial charge in [0.25, 0.3) is 0 Å². The first-order chi connectivity index (χ1) is 14.0. The first-order valence-corrected chi connectivity index (χ1v) is 13.8. The Kier molecular flexibility index (Phi) is 7.72. The largest absolute Gasteiger partial charge is 0.414 e. The van der Waals surface area contributed by atoms with Crippen molar-refractivity contribution in [2.45, 2.75) is 103 Å². The molecule has 0 aromatic rings. The van der Waals surface area contributed by atoms with E-state index in [2.05, 4.69) is 38.9 Å². The van der Waals surface area contributed by atoms with Crippen LogP contribution in [0.2, 0.25) is 18.1 Å². The number of aliphatic hydroxyl groups excluding tert-OH is 3. The monoisotopic (exact) mass is 457 g/mol. The molecule has 2 aliphatic rings. The van der Waals surface area contributed by atoms with E-state index in [1.165, 1.54) is 6.92 Å². The summed E-state index contributed by atoms with van der Waals surface area (Å²) in [7, 11) is -2.11. The molecule has 2 rings (SSSR count). The number of hydrogen-bond acceptors (Lipinski definition) is 8. The SMILES string of the molecule is CC(=N[C@@H]1[C@@H](O)[C@H](O)[C@@H](CO[Si](C)(C)C(C)(C)C)O[C@@H]1O)C1C(=O)CC(C)(C)CC1=O. The van der Waals surface area contributed by atoms with Crippen molar-refractivity contribution in [1.82, 2.24) is 0 Å². The van der Waals surface area contributed by atoms with Crippen LogP contribution in [0.4, 0.5) is 0 Å². The van der Waals surface area contributed by atoms with Crippen molar-refractivity contribution in [3.63, 3.8) is 0 Å². The fourth-order valence-electron chi connectivity index (χ4n) is 3.88. The molecule has 8 nitrogen and oxygen atoms in total. The smallest absolute Gasteiger partial charge is 0.192 e. The minimum atomic E-state index is -2.11. The number of aliphatic imine (C=N–C) groups is 1. The number of ketones is 2. The number of Topliss-reactive ketones (excluding diaryl/α,β-unsaturated/α-hetero) is 2. The van der Waals surface area contributed by atoms with Gasteiger partial charge in [-0.1, -0.05) is 34.6 Å². The fourth-order valence-corrected chi connectivity index (χ4v) is 4.89. The number of hydrogen-bond donors (Lipinski definition) is 3.